The summed E-state index contributed by atoms with van der Waals surface area (Å²) in [6.07, 6.45) is 7.65. The summed E-state index contributed by atoms with van der Waals surface area (Å²) >= 11 is 5.95. The Hall–Kier alpha value is -3.46. The molecule has 3 aromatic rings. The van der Waals surface area contributed by atoms with Crippen LogP contribution in [-0.4, -0.2) is 54.2 Å². The molecule has 1 saturated heterocycles. The number of nitrogens with one attached hydrogen (secondary N) is 1. The smallest absolute Gasteiger partial charge is 0.334 e. The van der Waals surface area contributed by atoms with Crippen LogP contribution in [-0.2, 0) is 16.0 Å². The number of aliphatic imine (C=N–C) groups is 1. The fraction of sp³-hybridized carbons (Fsp3) is 0.375. The molecule has 1 aromatic heterocycles. The summed E-state index contributed by atoms with van der Waals surface area (Å²) in [6, 6.07) is 18.9. The van der Waals surface area contributed by atoms with Crippen LogP contribution in [0.4, 0.5) is 4.39 Å². The Morgan fingerprint density at radius 3 is 2.76 bits per heavy atom. The molecule has 0 amide bonds. The first kappa shape index (κ1) is 29.0. The van der Waals surface area contributed by atoms with E-state index < -0.39 is 11.8 Å². The number of hydrogen-bond acceptors (Lipinski definition) is 6. The van der Waals surface area contributed by atoms with Crippen LogP contribution in [0, 0.1) is 5.82 Å². The van der Waals surface area contributed by atoms with Crippen molar-refractivity contribution < 1.29 is 23.4 Å². The van der Waals surface area contributed by atoms with Crippen LogP contribution in [0.1, 0.15) is 54.5 Å². The normalized spacial score (nSPS) is 20.1. The van der Waals surface area contributed by atoms with Gasteiger partial charge in [0, 0.05) is 19.4 Å². The number of aryl methyl sites for hydroxylation is 1. The third kappa shape index (κ3) is 7.44. The van der Waals surface area contributed by atoms with Crippen molar-refractivity contribution in [1.82, 2.24) is 10.2 Å². The lowest BCUT2D eigenvalue weighted by Gasteiger charge is -2.44. The van der Waals surface area contributed by atoms with Crippen LogP contribution in [0.5, 0.6) is 0 Å². The second-order valence-electron chi connectivity index (χ2n) is 10.5. The number of amidine groups is 1. The largest absolute Gasteiger partial charge is 0.478 e. The number of carboxylic acids is 1. The number of carboxylic acid groups (broad SMARTS) is 1. The molecule has 216 valence electrons. The van der Waals surface area contributed by atoms with Gasteiger partial charge < -0.3 is 19.6 Å². The Kier molecular flexibility index (Phi) is 9.88. The quantitative estimate of drug-likeness (QED) is 0.242. The highest BCUT2D eigenvalue weighted by molar-refractivity contribution is 6.30. The maximum Gasteiger partial charge on any atom is 0.334 e. The van der Waals surface area contributed by atoms with Gasteiger partial charge in [0.05, 0.1) is 42.1 Å². The first-order valence-corrected chi connectivity index (χ1v) is 14.5. The summed E-state index contributed by atoms with van der Waals surface area (Å²) in [7, 11) is 0. The molecule has 3 heterocycles. The van der Waals surface area contributed by atoms with E-state index in [1.807, 2.05) is 24.3 Å². The van der Waals surface area contributed by atoms with Crippen LogP contribution in [0.3, 0.4) is 0 Å². The lowest BCUT2D eigenvalue weighted by Crippen LogP contribution is -2.53. The molecular formula is C32H35ClFN3O4. The average molecular weight is 580 g/mol. The average Bonchev–Trinajstić information content (AvgIpc) is 3.53. The van der Waals surface area contributed by atoms with E-state index in [0.717, 1.165) is 37.0 Å². The second kappa shape index (κ2) is 13.9. The molecule has 0 saturated carbocycles. The molecule has 2 unspecified atom stereocenters. The molecule has 7 nitrogen and oxygen atoms in total. The molecule has 2 N–H and O–H groups in total. The van der Waals surface area contributed by atoms with Crippen LogP contribution in [0.25, 0.3) is 0 Å². The van der Waals surface area contributed by atoms with Gasteiger partial charge in [0.25, 0.3) is 0 Å². The molecule has 3 atom stereocenters. The fourth-order valence-electron chi connectivity index (χ4n) is 5.64. The SMILES string of the molecule is O=C(O)C1=CNC(C2CC(c3ccc(Cl)c(F)c3)CCN2[C@H](COCCCCc2ccccc2)c2ccco2)=NC1. The number of rotatable bonds is 12. The van der Waals surface area contributed by atoms with Crippen molar-refractivity contribution >= 4 is 23.4 Å². The predicted molar refractivity (Wildman–Crippen MR) is 157 cm³/mol. The third-order valence-electron chi connectivity index (χ3n) is 7.86. The number of likely N-dealkylation sites (tertiary alicyclic amines) is 1. The van der Waals surface area contributed by atoms with Crippen molar-refractivity contribution in [1.29, 1.82) is 0 Å². The van der Waals surface area contributed by atoms with Crippen molar-refractivity contribution in [2.75, 3.05) is 26.3 Å². The molecule has 2 aliphatic heterocycles. The van der Waals surface area contributed by atoms with Crippen LogP contribution < -0.4 is 5.32 Å². The zero-order valence-electron chi connectivity index (χ0n) is 22.8. The highest BCUT2D eigenvalue weighted by Crippen LogP contribution is 2.38. The minimum absolute atomic E-state index is 0.0773. The van der Waals surface area contributed by atoms with Crippen molar-refractivity contribution in [2.24, 2.45) is 4.99 Å². The van der Waals surface area contributed by atoms with Crippen molar-refractivity contribution in [3.63, 3.8) is 0 Å². The van der Waals surface area contributed by atoms with Gasteiger partial charge in [0.1, 0.15) is 17.4 Å². The Morgan fingerprint density at radius 1 is 1.20 bits per heavy atom. The molecule has 1 fully saturated rings. The minimum atomic E-state index is -0.996. The van der Waals surface area contributed by atoms with Gasteiger partial charge in [-0.2, -0.15) is 0 Å². The van der Waals surface area contributed by atoms with Crippen molar-refractivity contribution in [3.8, 4) is 0 Å². The lowest BCUT2D eigenvalue weighted by atomic mass is 9.83. The maximum absolute atomic E-state index is 14.3. The number of aliphatic carboxylic acids is 1. The van der Waals surface area contributed by atoms with Crippen molar-refractivity contribution in [2.45, 2.75) is 50.1 Å². The van der Waals surface area contributed by atoms with E-state index in [1.54, 1.807) is 12.3 Å². The van der Waals surface area contributed by atoms with Gasteiger partial charge in [-0.25, -0.2) is 9.18 Å². The van der Waals surface area contributed by atoms with E-state index >= 15 is 0 Å². The summed E-state index contributed by atoms with van der Waals surface area (Å²) in [5.41, 5.74) is 2.42. The van der Waals surface area contributed by atoms with Crippen molar-refractivity contribution in [3.05, 3.63) is 106 Å². The number of halogens is 2. The van der Waals surface area contributed by atoms with E-state index in [-0.39, 0.29) is 35.1 Å². The molecular weight excluding hydrogens is 545 g/mol. The summed E-state index contributed by atoms with van der Waals surface area (Å²) < 4.78 is 26.4. The summed E-state index contributed by atoms with van der Waals surface area (Å²) in [6.45, 7) is 1.86. The molecule has 0 spiro atoms. The molecule has 41 heavy (non-hydrogen) atoms. The monoisotopic (exact) mass is 579 g/mol. The van der Waals surface area contributed by atoms with E-state index in [1.165, 1.54) is 17.8 Å². The van der Waals surface area contributed by atoms with Gasteiger partial charge >= 0.3 is 5.97 Å². The first-order chi connectivity index (χ1) is 20.0. The summed E-state index contributed by atoms with van der Waals surface area (Å²) in [5.74, 6) is 0.138. The van der Waals surface area contributed by atoms with E-state index in [2.05, 4.69) is 39.5 Å². The Morgan fingerprint density at radius 2 is 2.05 bits per heavy atom. The molecule has 2 aliphatic rings. The second-order valence-corrected chi connectivity index (χ2v) is 10.9. The van der Waals surface area contributed by atoms with Gasteiger partial charge in [-0.1, -0.05) is 48.0 Å². The Labute approximate surface area is 244 Å². The van der Waals surface area contributed by atoms with Gasteiger partial charge in [-0.05, 0) is 73.4 Å². The topological polar surface area (TPSA) is 87.3 Å². The molecule has 5 rings (SSSR count). The van der Waals surface area contributed by atoms with E-state index in [9.17, 15) is 14.3 Å². The van der Waals surface area contributed by atoms with Crippen LogP contribution in [0.15, 0.2) is 88.1 Å². The Balaban J connectivity index is 1.30. The number of unbranched alkanes of at least 4 members (excludes halogenated alkanes) is 1. The third-order valence-corrected chi connectivity index (χ3v) is 8.16. The number of hydrogen-bond donors (Lipinski definition) is 2. The highest BCUT2D eigenvalue weighted by Gasteiger charge is 2.39. The standard InChI is InChI=1S/C32H35ClFN3O4/c33-26-12-11-23(17-27(26)34)24-13-14-37(28(18-24)31-35-19-25(20-36-31)32(38)39)29(30-10-6-16-41-30)21-40-15-5-4-9-22-7-2-1-3-8-22/h1-3,6-8,10-12,16-17,19,24,28-29H,4-5,9,13-15,18,20-21H2,(H,35,36)(H,38,39)/t24?,28?,29-/m1/s1. The number of nitrogens with zero attached hydrogens (tertiary/aromatic N) is 2. The highest BCUT2D eigenvalue weighted by atomic mass is 35.5. The lowest BCUT2D eigenvalue weighted by molar-refractivity contribution is -0.132. The first-order valence-electron chi connectivity index (χ1n) is 14.1. The van der Waals surface area contributed by atoms with Gasteiger partial charge in [0.2, 0.25) is 0 Å². The molecule has 2 aromatic carbocycles. The number of benzene rings is 2. The summed E-state index contributed by atoms with van der Waals surface area (Å²) in [5, 5.41) is 12.6. The van der Waals surface area contributed by atoms with Gasteiger partial charge in [0.15, 0.2) is 0 Å². The predicted octanol–water partition coefficient (Wildman–Crippen LogP) is 6.37. The van der Waals surface area contributed by atoms with Gasteiger partial charge in [-0.15, -0.1) is 0 Å². The zero-order valence-corrected chi connectivity index (χ0v) is 23.6. The number of carbonyl (C=O) groups is 1. The van der Waals surface area contributed by atoms with Crippen LogP contribution >= 0.6 is 11.6 Å². The number of furan rings is 1. The number of ether oxygens (including phenoxy) is 1. The molecule has 0 aliphatic carbocycles. The van der Waals surface area contributed by atoms with Gasteiger partial charge in [-0.3, -0.25) is 9.89 Å². The summed E-state index contributed by atoms with van der Waals surface area (Å²) in [4.78, 5) is 18.4. The molecule has 9 heteroatoms. The van der Waals surface area contributed by atoms with Crippen LogP contribution in [0.2, 0.25) is 5.02 Å². The van der Waals surface area contributed by atoms with E-state index in [0.29, 0.717) is 32.0 Å². The molecule has 0 bridgehead atoms. The number of piperidine rings is 1. The minimum Gasteiger partial charge on any atom is -0.478 e. The maximum atomic E-state index is 14.3. The Bertz CT molecular complexity index is 1360. The van der Waals surface area contributed by atoms with E-state index in [4.69, 9.17) is 20.8 Å². The zero-order chi connectivity index (χ0) is 28.6. The fourth-order valence-corrected chi connectivity index (χ4v) is 5.76. The molecule has 0 radical (unpaired) electrons.